The van der Waals surface area contributed by atoms with Crippen molar-refractivity contribution >= 4 is 11.8 Å². The van der Waals surface area contributed by atoms with Crippen molar-refractivity contribution in [3.8, 4) is 0 Å². The average molecular weight is 231 g/mol. The van der Waals surface area contributed by atoms with Gasteiger partial charge in [-0.25, -0.2) is 9.97 Å². The molecule has 2 aromatic rings. The molecule has 0 aliphatic heterocycles. The summed E-state index contributed by atoms with van der Waals surface area (Å²) >= 11 is 0. The normalized spacial score (nSPS) is 10.8. The van der Waals surface area contributed by atoms with Crippen LogP contribution < -0.4 is 5.32 Å². The minimum atomic E-state index is 0.571. The van der Waals surface area contributed by atoms with Gasteiger partial charge in [0.1, 0.15) is 0 Å². The van der Waals surface area contributed by atoms with Gasteiger partial charge in [-0.05, 0) is 18.4 Å². The smallest absolute Gasteiger partial charge is 0.228 e. The van der Waals surface area contributed by atoms with E-state index in [-0.39, 0.29) is 0 Å². The molecule has 1 N–H and O–H groups in total. The monoisotopic (exact) mass is 231 g/mol. The van der Waals surface area contributed by atoms with Gasteiger partial charge in [-0.3, -0.25) is 4.68 Å². The van der Waals surface area contributed by atoms with Gasteiger partial charge in [0.2, 0.25) is 5.95 Å². The lowest BCUT2D eigenvalue weighted by Gasteiger charge is -2.04. The SMILES string of the molecule is CC(C)CCn1ccc(Nc2ncccn2)n1. The zero-order valence-corrected chi connectivity index (χ0v) is 10.2. The molecule has 0 saturated heterocycles. The molecule has 0 aromatic carbocycles. The molecule has 0 bridgehead atoms. The van der Waals surface area contributed by atoms with Crippen molar-refractivity contribution in [2.75, 3.05) is 5.32 Å². The molecular weight excluding hydrogens is 214 g/mol. The fourth-order valence-electron chi connectivity index (χ4n) is 1.42. The van der Waals surface area contributed by atoms with Gasteiger partial charge in [0.05, 0.1) is 0 Å². The van der Waals surface area contributed by atoms with E-state index in [2.05, 4.69) is 34.2 Å². The van der Waals surface area contributed by atoms with Crippen molar-refractivity contribution in [1.82, 2.24) is 19.7 Å². The summed E-state index contributed by atoms with van der Waals surface area (Å²) < 4.78 is 1.94. The standard InChI is InChI=1S/C12H17N5/c1-10(2)4-8-17-9-5-11(16-17)15-12-13-6-3-7-14-12/h3,5-7,9-10H,4,8H2,1-2H3,(H,13,14,15,16). The van der Waals surface area contributed by atoms with Crippen LogP contribution in [0.25, 0.3) is 0 Å². The van der Waals surface area contributed by atoms with E-state index >= 15 is 0 Å². The number of aromatic nitrogens is 4. The molecule has 0 aliphatic carbocycles. The Bertz CT molecular complexity index is 449. The highest BCUT2D eigenvalue weighted by Gasteiger charge is 2.01. The van der Waals surface area contributed by atoms with Crippen molar-refractivity contribution in [3.05, 3.63) is 30.7 Å². The number of nitrogens with one attached hydrogen (secondary N) is 1. The molecule has 0 amide bonds. The van der Waals surface area contributed by atoms with E-state index in [1.54, 1.807) is 18.5 Å². The second kappa shape index (κ2) is 5.43. The number of hydrogen-bond donors (Lipinski definition) is 1. The first-order valence-electron chi connectivity index (χ1n) is 5.81. The molecule has 5 heteroatoms. The summed E-state index contributed by atoms with van der Waals surface area (Å²) in [6.45, 7) is 5.36. The van der Waals surface area contributed by atoms with Gasteiger partial charge in [0.25, 0.3) is 0 Å². The molecule has 2 heterocycles. The Labute approximate surface area is 101 Å². The fourth-order valence-corrected chi connectivity index (χ4v) is 1.42. The van der Waals surface area contributed by atoms with Crippen LogP contribution in [0.15, 0.2) is 30.7 Å². The van der Waals surface area contributed by atoms with Crippen LogP contribution in [0, 0.1) is 5.92 Å². The Kier molecular flexibility index (Phi) is 3.69. The molecule has 0 saturated carbocycles. The van der Waals surface area contributed by atoms with Crippen LogP contribution in [0.1, 0.15) is 20.3 Å². The number of anilines is 2. The van der Waals surface area contributed by atoms with Crippen LogP contribution in [0.5, 0.6) is 0 Å². The fraction of sp³-hybridized carbons (Fsp3) is 0.417. The molecule has 0 unspecified atom stereocenters. The first kappa shape index (κ1) is 11.6. The lowest BCUT2D eigenvalue weighted by atomic mass is 10.1. The summed E-state index contributed by atoms with van der Waals surface area (Å²) in [6, 6.07) is 3.71. The molecule has 2 aromatic heterocycles. The number of aryl methyl sites for hydroxylation is 1. The van der Waals surface area contributed by atoms with Crippen molar-refractivity contribution in [2.45, 2.75) is 26.8 Å². The summed E-state index contributed by atoms with van der Waals surface area (Å²) in [6.07, 6.45) is 6.49. The molecule has 17 heavy (non-hydrogen) atoms. The number of hydrogen-bond acceptors (Lipinski definition) is 4. The first-order chi connectivity index (χ1) is 8.24. The topological polar surface area (TPSA) is 55.6 Å². The Balaban J connectivity index is 1.94. The Morgan fingerprint density at radius 1 is 1.29 bits per heavy atom. The third kappa shape index (κ3) is 3.55. The van der Waals surface area contributed by atoms with Gasteiger partial charge in [-0.1, -0.05) is 13.8 Å². The van der Waals surface area contributed by atoms with E-state index in [0.29, 0.717) is 11.9 Å². The number of rotatable bonds is 5. The minimum absolute atomic E-state index is 0.571. The van der Waals surface area contributed by atoms with Crippen LogP contribution in [0.4, 0.5) is 11.8 Å². The molecule has 90 valence electrons. The molecule has 0 aliphatic rings. The van der Waals surface area contributed by atoms with Gasteiger partial charge >= 0.3 is 0 Å². The van der Waals surface area contributed by atoms with Crippen LogP contribution in [0.3, 0.4) is 0 Å². The maximum absolute atomic E-state index is 4.40. The predicted molar refractivity (Wildman–Crippen MR) is 67.0 cm³/mol. The molecule has 0 atom stereocenters. The van der Waals surface area contributed by atoms with Crippen LogP contribution in [0.2, 0.25) is 0 Å². The van der Waals surface area contributed by atoms with E-state index in [1.807, 2.05) is 16.9 Å². The van der Waals surface area contributed by atoms with Gasteiger partial charge in [-0.15, -0.1) is 0 Å². The molecule has 5 nitrogen and oxygen atoms in total. The average Bonchev–Trinajstić information content (AvgIpc) is 2.75. The minimum Gasteiger partial charge on any atom is -0.307 e. The lowest BCUT2D eigenvalue weighted by Crippen LogP contribution is -2.03. The zero-order chi connectivity index (χ0) is 12.1. The van der Waals surface area contributed by atoms with E-state index < -0.39 is 0 Å². The third-order valence-electron chi connectivity index (χ3n) is 2.38. The van der Waals surface area contributed by atoms with Crippen LogP contribution >= 0.6 is 0 Å². The zero-order valence-electron chi connectivity index (χ0n) is 10.2. The molecule has 0 spiro atoms. The van der Waals surface area contributed by atoms with Crippen molar-refractivity contribution in [1.29, 1.82) is 0 Å². The summed E-state index contributed by atoms with van der Waals surface area (Å²) in [5.74, 6) is 2.04. The maximum Gasteiger partial charge on any atom is 0.228 e. The maximum atomic E-state index is 4.40. The number of nitrogens with zero attached hydrogens (tertiary/aromatic N) is 4. The molecule has 2 rings (SSSR count). The Hall–Kier alpha value is -1.91. The highest BCUT2D eigenvalue weighted by molar-refractivity contribution is 5.45. The summed E-state index contributed by atoms with van der Waals surface area (Å²) in [4.78, 5) is 8.17. The highest BCUT2D eigenvalue weighted by atomic mass is 15.3. The quantitative estimate of drug-likeness (QED) is 0.858. The summed E-state index contributed by atoms with van der Waals surface area (Å²) in [5, 5.41) is 7.46. The van der Waals surface area contributed by atoms with Gasteiger partial charge in [0.15, 0.2) is 5.82 Å². The largest absolute Gasteiger partial charge is 0.307 e. The third-order valence-corrected chi connectivity index (χ3v) is 2.38. The first-order valence-corrected chi connectivity index (χ1v) is 5.81. The highest BCUT2D eigenvalue weighted by Crippen LogP contribution is 2.09. The predicted octanol–water partition coefficient (Wildman–Crippen LogP) is 2.46. The van der Waals surface area contributed by atoms with Crippen molar-refractivity contribution < 1.29 is 0 Å². The summed E-state index contributed by atoms with van der Waals surface area (Å²) in [7, 11) is 0. The molecule has 0 fully saturated rings. The Morgan fingerprint density at radius 3 is 2.76 bits per heavy atom. The van der Waals surface area contributed by atoms with E-state index in [0.717, 1.165) is 18.8 Å². The van der Waals surface area contributed by atoms with Gasteiger partial charge in [0, 0.05) is 31.2 Å². The van der Waals surface area contributed by atoms with Crippen LogP contribution in [-0.2, 0) is 6.54 Å². The molecular formula is C12H17N5. The second-order valence-corrected chi connectivity index (χ2v) is 4.34. The van der Waals surface area contributed by atoms with Crippen molar-refractivity contribution in [2.24, 2.45) is 5.92 Å². The van der Waals surface area contributed by atoms with Crippen LogP contribution in [-0.4, -0.2) is 19.7 Å². The van der Waals surface area contributed by atoms with E-state index in [1.165, 1.54) is 0 Å². The Morgan fingerprint density at radius 2 is 2.06 bits per heavy atom. The lowest BCUT2D eigenvalue weighted by molar-refractivity contribution is 0.488. The van der Waals surface area contributed by atoms with Crippen molar-refractivity contribution in [3.63, 3.8) is 0 Å². The van der Waals surface area contributed by atoms with E-state index in [4.69, 9.17) is 0 Å². The molecule has 0 radical (unpaired) electrons. The summed E-state index contributed by atoms with van der Waals surface area (Å²) in [5.41, 5.74) is 0. The van der Waals surface area contributed by atoms with Gasteiger partial charge < -0.3 is 5.32 Å². The van der Waals surface area contributed by atoms with Gasteiger partial charge in [-0.2, -0.15) is 5.10 Å². The van der Waals surface area contributed by atoms with E-state index in [9.17, 15) is 0 Å². The second-order valence-electron chi connectivity index (χ2n) is 4.34.